The molecule has 0 bridgehead atoms. The maximum Gasteiger partial charge on any atom is 0.134 e. The lowest BCUT2D eigenvalue weighted by molar-refractivity contribution is 0.553. The number of hydrogen-bond acceptors (Lipinski definition) is 1. The first kappa shape index (κ1) is 8.89. The van der Waals surface area contributed by atoms with Crippen molar-refractivity contribution in [2.24, 2.45) is 5.92 Å². The third kappa shape index (κ3) is 7.89. The summed E-state index contributed by atoms with van der Waals surface area (Å²) in [5.74, 6) is 0.803. The largest absolute Gasteiger partial charge is 0.374 e. The monoisotopic (exact) mass is 144 g/mol. The summed E-state index contributed by atoms with van der Waals surface area (Å²) in [4.78, 5) is 0. The van der Waals surface area contributed by atoms with Crippen molar-refractivity contribution >= 4 is 17.7 Å². The fraction of sp³-hybridized carbons (Fsp3) is 0.857. The Kier molecular flexibility index (Phi) is 5.94. The number of hydrogen-bond donors (Lipinski definition) is 1. The molecule has 0 saturated carbocycles. The molecule has 0 aliphatic carbocycles. The van der Waals surface area contributed by atoms with Gasteiger partial charge in [0.15, 0.2) is 0 Å². The molecule has 53 valence electrons. The van der Waals surface area contributed by atoms with E-state index >= 15 is 0 Å². The molecule has 0 spiro atoms. The van der Waals surface area contributed by atoms with E-state index in [1.165, 1.54) is 12.8 Å². The van der Waals surface area contributed by atoms with Gasteiger partial charge in [0.2, 0.25) is 0 Å². The predicted octanol–water partition coefficient (Wildman–Crippen LogP) is 1.85. The zero-order valence-electron chi connectivity index (χ0n) is 6.11. The average Bonchev–Trinajstić information content (AvgIpc) is 1.80. The quantitative estimate of drug-likeness (QED) is 0.359. The van der Waals surface area contributed by atoms with Crippen molar-refractivity contribution in [2.75, 3.05) is 6.54 Å². The molecule has 1 N–H and O–H groups in total. The van der Waals surface area contributed by atoms with Gasteiger partial charge in [0.25, 0.3) is 0 Å². The average molecular weight is 144 g/mol. The number of nitrogens with one attached hydrogen (secondary N) is 1. The van der Waals surface area contributed by atoms with Crippen molar-refractivity contribution in [2.45, 2.75) is 26.7 Å². The summed E-state index contributed by atoms with van der Waals surface area (Å²) in [5.41, 5.74) is 2.47. The molecule has 0 aromatic rings. The molecular formula is C7H14NS. The molecule has 0 aromatic carbocycles. The van der Waals surface area contributed by atoms with E-state index in [0.717, 1.165) is 12.5 Å². The van der Waals surface area contributed by atoms with Gasteiger partial charge in [-0.05, 0) is 18.8 Å². The summed E-state index contributed by atoms with van der Waals surface area (Å²) in [6, 6.07) is 0. The van der Waals surface area contributed by atoms with Crippen molar-refractivity contribution in [1.29, 1.82) is 0 Å². The minimum atomic E-state index is 0.803. The fourth-order valence-corrected chi connectivity index (χ4v) is 0.752. The van der Waals surface area contributed by atoms with Gasteiger partial charge in [-0.1, -0.05) is 26.1 Å². The standard InChI is InChI=1S/C7H14NS/c1-7(2)4-3-5-8-6-9/h7H,3-5H2,1-2H3,(H,8,9). The van der Waals surface area contributed by atoms with Gasteiger partial charge in [-0.15, -0.1) is 0 Å². The summed E-state index contributed by atoms with van der Waals surface area (Å²) in [6.45, 7) is 5.42. The third-order valence-electron chi connectivity index (χ3n) is 1.16. The first-order valence-electron chi connectivity index (χ1n) is 3.37. The second kappa shape index (κ2) is 6.02. The van der Waals surface area contributed by atoms with Crippen LogP contribution in [-0.2, 0) is 0 Å². The second-order valence-corrected chi connectivity index (χ2v) is 2.77. The van der Waals surface area contributed by atoms with Crippen molar-refractivity contribution in [3.05, 3.63) is 0 Å². The molecular weight excluding hydrogens is 130 g/mol. The van der Waals surface area contributed by atoms with E-state index in [1.54, 1.807) is 0 Å². The minimum Gasteiger partial charge on any atom is -0.374 e. The Morgan fingerprint density at radius 3 is 2.67 bits per heavy atom. The van der Waals surface area contributed by atoms with Gasteiger partial charge in [0.1, 0.15) is 5.49 Å². The summed E-state index contributed by atoms with van der Waals surface area (Å²) < 4.78 is 0. The Bertz CT molecular complexity index is 71.3. The van der Waals surface area contributed by atoms with Gasteiger partial charge in [-0.25, -0.2) is 0 Å². The SMILES string of the molecule is CC(C)CCCN[C]=S. The van der Waals surface area contributed by atoms with Gasteiger partial charge < -0.3 is 5.32 Å². The van der Waals surface area contributed by atoms with Crippen molar-refractivity contribution < 1.29 is 0 Å². The van der Waals surface area contributed by atoms with Crippen LogP contribution in [0.25, 0.3) is 0 Å². The number of thiocarbonyl (C=S) groups is 1. The Labute approximate surface area is 62.8 Å². The predicted molar refractivity (Wildman–Crippen MR) is 44.7 cm³/mol. The smallest absolute Gasteiger partial charge is 0.134 e. The van der Waals surface area contributed by atoms with Crippen LogP contribution in [0.4, 0.5) is 0 Å². The van der Waals surface area contributed by atoms with E-state index < -0.39 is 0 Å². The first-order valence-corrected chi connectivity index (χ1v) is 3.78. The van der Waals surface area contributed by atoms with Crippen LogP contribution in [0.1, 0.15) is 26.7 Å². The van der Waals surface area contributed by atoms with Crippen LogP contribution in [0.5, 0.6) is 0 Å². The van der Waals surface area contributed by atoms with Crippen LogP contribution < -0.4 is 5.32 Å². The van der Waals surface area contributed by atoms with Crippen molar-refractivity contribution in [3.63, 3.8) is 0 Å². The lowest BCUT2D eigenvalue weighted by Crippen LogP contribution is -2.11. The van der Waals surface area contributed by atoms with E-state index in [9.17, 15) is 0 Å². The zero-order chi connectivity index (χ0) is 7.11. The molecule has 0 rings (SSSR count). The number of rotatable bonds is 5. The molecule has 0 heterocycles. The first-order chi connectivity index (χ1) is 4.27. The van der Waals surface area contributed by atoms with Gasteiger partial charge in [-0.2, -0.15) is 0 Å². The van der Waals surface area contributed by atoms with Gasteiger partial charge in [0.05, 0.1) is 0 Å². The van der Waals surface area contributed by atoms with E-state index in [0.29, 0.717) is 0 Å². The molecule has 2 heteroatoms. The highest BCUT2D eigenvalue weighted by atomic mass is 32.1. The van der Waals surface area contributed by atoms with Crippen LogP contribution in [0, 0.1) is 5.92 Å². The molecule has 1 radical (unpaired) electrons. The van der Waals surface area contributed by atoms with E-state index in [-0.39, 0.29) is 0 Å². The summed E-state index contributed by atoms with van der Waals surface area (Å²) in [5, 5.41) is 2.87. The highest BCUT2D eigenvalue weighted by molar-refractivity contribution is 7.78. The molecule has 0 atom stereocenters. The lowest BCUT2D eigenvalue weighted by atomic mass is 10.1. The van der Waals surface area contributed by atoms with Crippen LogP contribution in [0.3, 0.4) is 0 Å². The molecule has 1 nitrogen and oxygen atoms in total. The maximum atomic E-state index is 4.47. The molecule has 0 amide bonds. The van der Waals surface area contributed by atoms with E-state index in [4.69, 9.17) is 0 Å². The summed E-state index contributed by atoms with van der Waals surface area (Å²) in [6.07, 6.45) is 2.46. The molecule has 0 aliphatic rings. The molecule has 9 heavy (non-hydrogen) atoms. The molecule has 0 unspecified atom stereocenters. The van der Waals surface area contributed by atoms with Crippen LogP contribution in [0.15, 0.2) is 0 Å². The minimum absolute atomic E-state index is 0.803. The van der Waals surface area contributed by atoms with Gasteiger partial charge in [-0.3, -0.25) is 0 Å². The highest BCUT2D eigenvalue weighted by Crippen LogP contribution is 2.01. The van der Waals surface area contributed by atoms with Crippen LogP contribution >= 0.6 is 12.2 Å². The highest BCUT2D eigenvalue weighted by Gasteiger charge is 1.90. The summed E-state index contributed by atoms with van der Waals surface area (Å²) >= 11 is 4.47. The molecule has 0 saturated heterocycles. The van der Waals surface area contributed by atoms with Crippen molar-refractivity contribution in [3.8, 4) is 0 Å². The lowest BCUT2D eigenvalue weighted by Gasteiger charge is -2.02. The maximum absolute atomic E-state index is 4.47. The van der Waals surface area contributed by atoms with Crippen molar-refractivity contribution in [1.82, 2.24) is 5.32 Å². The van der Waals surface area contributed by atoms with Gasteiger partial charge >= 0.3 is 0 Å². The Morgan fingerprint density at radius 1 is 1.56 bits per heavy atom. The van der Waals surface area contributed by atoms with Crippen LogP contribution in [-0.4, -0.2) is 12.0 Å². The zero-order valence-corrected chi connectivity index (χ0v) is 6.92. The molecule has 0 aromatic heterocycles. The Hall–Kier alpha value is -0.110. The van der Waals surface area contributed by atoms with Crippen LogP contribution in [0.2, 0.25) is 0 Å². The fourth-order valence-electron chi connectivity index (χ4n) is 0.650. The topological polar surface area (TPSA) is 12.0 Å². The summed E-state index contributed by atoms with van der Waals surface area (Å²) in [7, 11) is 0. The Morgan fingerprint density at radius 2 is 2.22 bits per heavy atom. The van der Waals surface area contributed by atoms with E-state index in [1.807, 2.05) is 0 Å². The molecule has 0 aliphatic heterocycles. The van der Waals surface area contributed by atoms with E-state index in [2.05, 4.69) is 36.9 Å². The third-order valence-corrected chi connectivity index (χ3v) is 1.30. The molecule has 0 fully saturated rings. The second-order valence-electron chi connectivity index (χ2n) is 2.56. The van der Waals surface area contributed by atoms with Gasteiger partial charge in [0, 0.05) is 6.54 Å². The Balaban J connectivity index is 2.82. The normalized spacial score (nSPS) is 9.67.